The van der Waals surface area contributed by atoms with Crippen LogP contribution < -0.4 is 10.6 Å². The molecule has 0 saturated carbocycles. The third-order valence-electron chi connectivity index (χ3n) is 3.46. The maximum absolute atomic E-state index is 5.70. The average Bonchev–Trinajstić information content (AvgIpc) is 2.42. The third-order valence-corrected chi connectivity index (χ3v) is 3.46. The topological polar surface area (TPSA) is 47.7 Å². The van der Waals surface area contributed by atoms with E-state index in [1.165, 1.54) is 12.8 Å². The Bertz CT molecular complexity index is 324. The van der Waals surface area contributed by atoms with Crippen molar-refractivity contribution in [2.24, 2.45) is 11.8 Å². The molecule has 18 heavy (non-hydrogen) atoms. The van der Waals surface area contributed by atoms with Crippen LogP contribution in [0.1, 0.15) is 12.8 Å². The molecule has 2 rings (SSSR count). The van der Waals surface area contributed by atoms with Crippen molar-refractivity contribution < 1.29 is 9.57 Å². The van der Waals surface area contributed by atoms with E-state index < -0.39 is 0 Å². The summed E-state index contributed by atoms with van der Waals surface area (Å²) in [7, 11) is 0. The predicted molar refractivity (Wildman–Crippen MR) is 71.2 cm³/mol. The van der Waals surface area contributed by atoms with Crippen molar-refractivity contribution in [2.45, 2.75) is 12.8 Å². The molecule has 1 fully saturated rings. The van der Waals surface area contributed by atoms with Gasteiger partial charge in [-0.15, -0.1) is 0 Å². The summed E-state index contributed by atoms with van der Waals surface area (Å²) in [6.07, 6.45) is 2.34. The lowest BCUT2D eigenvalue weighted by Crippen LogP contribution is -2.37. The predicted octanol–water partition coefficient (Wildman–Crippen LogP) is 1.67. The SMILES string of the molecule is NOCC1CCN(CCOc2ccccc2)CC1. The number of ether oxygens (including phenoxy) is 1. The number of piperidine rings is 1. The summed E-state index contributed by atoms with van der Waals surface area (Å²) in [5, 5.41) is 0. The van der Waals surface area contributed by atoms with Crippen LogP contribution in [0.25, 0.3) is 0 Å². The van der Waals surface area contributed by atoms with Gasteiger partial charge in [0.05, 0.1) is 6.61 Å². The van der Waals surface area contributed by atoms with Gasteiger partial charge >= 0.3 is 0 Å². The number of benzene rings is 1. The summed E-state index contributed by atoms with van der Waals surface area (Å²) >= 11 is 0. The maximum atomic E-state index is 5.70. The van der Waals surface area contributed by atoms with Crippen LogP contribution >= 0.6 is 0 Å². The zero-order valence-electron chi connectivity index (χ0n) is 10.8. The van der Waals surface area contributed by atoms with Crippen LogP contribution in [0.15, 0.2) is 30.3 Å². The second kappa shape index (κ2) is 7.36. The van der Waals surface area contributed by atoms with E-state index in [-0.39, 0.29) is 0 Å². The molecule has 0 radical (unpaired) electrons. The molecule has 0 bridgehead atoms. The highest BCUT2D eigenvalue weighted by Crippen LogP contribution is 2.16. The van der Waals surface area contributed by atoms with Crippen LogP contribution in [-0.2, 0) is 4.84 Å². The minimum atomic E-state index is 0.626. The molecule has 1 aliphatic heterocycles. The minimum absolute atomic E-state index is 0.626. The summed E-state index contributed by atoms with van der Waals surface area (Å²) in [6.45, 7) is 4.67. The van der Waals surface area contributed by atoms with E-state index in [0.29, 0.717) is 12.5 Å². The molecule has 1 saturated heterocycles. The average molecular weight is 250 g/mol. The highest BCUT2D eigenvalue weighted by atomic mass is 16.6. The molecule has 0 amide bonds. The molecule has 2 N–H and O–H groups in total. The van der Waals surface area contributed by atoms with Gasteiger partial charge in [-0.3, -0.25) is 4.90 Å². The number of para-hydroxylation sites is 1. The zero-order valence-corrected chi connectivity index (χ0v) is 10.8. The van der Waals surface area contributed by atoms with Crippen molar-refractivity contribution in [1.82, 2.24) is 4.90 Å². The second-order valence-corrected chi connectivity index (χ2v) is 4.78. The lowest BCUT2D eigenvalue weighted by Gasteiger charge is -2.31. The van der Waals surface area contributed by atoms with Gasteiger partial charge in [0.1, 0.15) is 12.4 Å². The fourth-order valence-electron chi connectivity index (χ4n) is 2.32. The molecule has 0 atom stereocenters. The summed E-state index contributed by atoms with van der Waals surface area (Å²) in [6, 6.07) is 9.97. The van der Waals surface area contributed by atoms with Gasteiger partial charge in [0.25, 0.3) is 0 Å². The molecule has 0 aromatic heterocycles. The van der Waals surface area contributed by atoms with Gasteiger partial charge in [0.15, 0.2) is 0 Å². The van der Waals surface area contributed by atoms with Crippen molar-refractivity contribution in [1.29, 1.82) is 0 Å². The van der Waals surface area contributed by atoms with E-state index in [0.717, 1.165) is 32.0 Å². The minimum Gasteiger partial charge on any atom is -0.492 e. The second-order valence-electron chi connectivity index (χ2n) is 4.78. The van der Waals surface area contributed by atoms with E-state index in [2.05, 4.69) is 4.90 Å². The fraction of sp³-hybridized carbons (Fsp3) is 0.571. The van der Waals surface area contributed by atoms with Gasteiger partial charge in [-0.1, -0.05) is 18.2 Å². The van der Waals surface area contributed by atoms with Crippen LogP contribution in [0.2, 0.25) is 0 Å². The molecule has 4 heteroatoms. The largest absolute Gasteiger partial charge is 0.492 e. The highest BCUT2D eigenvalue weighted by molar-refractivity contribution is 5.20. The Kier molecular flexibility index (Phi) is 5.45. The maximum Gasteiger partial charge on any atom is 0.119 e. The van der Waals surface area contributed by atoms with Crippen molar-refractivity contribution in [3.8, 4) is 5.75 Å². The first-order chi connectivity index (χ1) is 8.88. The summed E-state index contributed by atoms with van der Waals surface area (Å²) in [4.78, 5) is 7.15. The smallest absolute Gasteiger partial charge is 0.119 e. The molecule has 1 heterocycles. The standard InChI is InChI=1S/C14H22N2O2/c15-18-12-13-6-8-16(9-7-13)10-11-17-14-4-2-1-3-5-14/h1-5,13H,6-12,15H2. The summed E-state index contributed by atoms with van der Waals surface area (Å²) in [5.74, 6) is 6.68. The fourth-order valence-corrected chi connectivity index (χ4v) is 2.32. The zero-order chi connectivity index (χ0) is 12.6. The highest BCUT2D eigenvalue weighted by Gasteiger charge is 2.18. The van der Waals surface area contributed by atoms with E-state index in [9.17, 15) is 0 Å². The van der Waals surface area contributed by atoms with E-state index in [1.807, 2.05) is 30.3 Å². The van der Waals surface area contributed by atoms with E-state index in [1.54, 1.807) is 0 Å². The Morgan fingerprint density at radius 3 is 2.56 bits per heavy atom. The molecule has 0 aliphatic carbocycles. The van der Waals surface area contributed by atoms with Crippen molar-refractivity contribution >= 4 is 0 Å². The van der Waals surface area contributed by atoms with Crippen molar-refractivity contribution in [2.75, 3.05) is 32.8 Å². The third kappa shape index (κ3) is 4.29. The molecular formula is C14H22N2O2. The Morgan fingerprint density at radius 2 is 1.89 bits per heavy atom. The van der Waals surface area contributed by atoms with Crippen LogP contribution in [-0.4, -0.2) is 37.7 Å². The monoisotopic (exact) mass is 250 g/mol. The first-order valence-corrected chi connectivity index (χ1v) is 6.60. The molecule has 1 aliphatic rings. The van der Waals surface area contributed by atoms with Gasteiger partial charge < -0.3 is 9.57 Å². The molecule has 0 spiro atoms. The van der Waals surface area contributed by atoms with Crippen LogP contribution in [0.5, 0.6) is 5.75 Å². The summed E-state index contributed by atoms with van der Waals surface area (Å²) in [5.41, 5.74) is 0. The quantitative estimate of drug-likeness (QED) is 0.780. The van der Waals surface area contributed by atoms with Crippen LogP contribution in [0.4, 0.5) is 0 Å². The van der Waals surface area contributed by atoms with Crippen molar-refractivity contribution in [3.63, 3.8) is 0 Å². The number of likely N-dealkylation sites (tertiary alicyclic amines) is 1. The number of nitrogens with zero attached hydrogens (tertiary/aromatic N) is 1. The van der Waals surface area contributed by atoms with E-state index >= 15 is 0 Å². The first kappa shape index (κ1) is 13.3. The molecule has 1 aromatic rings. The summed E-state index contributed by atoms with van der Waals surface area (Å²) < 4.78 is 5.70. The van der Waals surface area contributed by atoms with Crippen molar-refractivity contribution in [3.05, 3.63) is 30.3 Å². The first-order valence-electron chi connectivity index (χ1n) is 6.60. The van der Waals surface area contributed by atoms with E-state index in [4.69, 9.17) is 15.5 Å². The number of hydrogen-bond donors (Lipinski definition) is 1. The lowest BCUT2D eigenvalue weighted by atomic mass is 9.98. The van der Waals surface area contributed by atoms with Gasteiger partial charge in [-0.25, -0.2) is 5.90 Å². The van der Waals surface area contributed by atoms with Gasteiger partial charge in [-0.2, -0.15) is 0 Å². The Hall–Kier alpha value is -1.10. The van der Waals surface area contributed by atoms with Crippen LogP contribution in [0, 0.1) is 5.92 Å². The molecule has 100 valence electrons. The number of rotatable bonds is 6. The lowest BCUT2D eigenvalue weighted by molar-refractivity contribution is 0.0641. The molecular weight excluding hydrogens is 228 g/mol. The molecule has 0 unspecified atom stereocenters. The molecule has 4 nitrogen and oxygen atoms in total. The van der Waals surface area contributed by atoms with Gasteiger partial charge in [0, 0.05) is 6.54 Å². The molecule has 1 aromatic carbocycles. The number of hydrogen-bond acceptors (Lipinski definition) is 4. The Morgan fingerprint density at radius 1 is 1.17 bits per heavy atom. The Labute approximate surface area is 109 Å². The normalized spacial score (nSPS) is 17.8. The van der Waals surface area contributed by atoms with Gasteiger partial charge in [0.2, 0.25) is 0 Å². The van der Waals surface area contributed by atoms with Crippen LogP contribution in [0.3, 0.4) is 0 Å². The van der Waals surface area contributed by atoms with Gasteiger partial charge in [-0.05, 0) is 44.0 Å². The Balaban J connectivity index is 1.61. The number of nitrogens with two attached hydrogens (primary N) is 1.